The molecule has 0 aliphatic carbocycles. The van der Waals surface area contributed by atoms with Crippen molar-refractivity contribution in [1.82, 2.24) is 0 Å². The minimum Gasteiger partial charge on any atom is -0.459 e. The number of aryl methyl sites for hydroxylation is 1. The molecule has 150 valence electrons. The summed E-state index contributed by atoms with van der Waals surface area (Å²) in [4.78, 5) is 25.2. The molecule has 0 aliphatic rings. The van der Waals surface area contributed by atoms with E-state index in [9.17, 15) is 9.59 Å². The van der Waals surface area contributed by atoms with Crippen molar-refractivity contribution >= 4 is 33.8 Å². The molecule has 2 heterocycles. The number of rotatable bonds is 6. The molecule has 0 spiro atoms. The number of nitrogens with one attached hydrogen (secondary N) is 2. The predicted octanol–water partition coefficient (Wildman–Crippen LogP) is 5.95. The van der Waals surface area contributed by atoms with Crippen LogP contribution in [0.25, 0.3) is 0 Å². The monoisotopic (exact) mass is 418 g/mol. The number of thiophene rings is 1. The minimum atomic E-state index is -0.370. The van der Waals surface area contributed by atoms with Gasteiger partial charge in [-0.15, -0.1) is 11.3 Å². The van der Waals surface area contributed by atoms with Gasteiger partial charge in [0, 0.05) is 0 Å². The number of benzene rings is 2. The molecule has 0 bridgehead atoms. The maximum atomic E-state index is 12.7. The van der Waals surface area contributed by atoms with Crippen LogP contribution in [0.3, 0.4) is 0 Å². The van der Waals surface area contributed by atoms with Crippen molar-refractivity contribution in [2.24, 2.45) is 0 Å². The van der Waals surface area contributed by atoms with Gasteiger partial charge in [-0.2, -0.15) is 0 Å². The van der Waals surface area contributed by atoms with Crippen molar-refractivity contribution in [2.75, 3.05) is 10.6 Å². The topological polar surface area (TPSA) is 80.6 Å². The Morgan fingerprint density at radius 2 is 1.67 bits per heavy atom. The summed E-state index contributed by atoms with van der Waals surface area (Å²) in [7, 11) is 0. The molecular formula is C23H18N2O4S. The van der Waals surface area contributed by atoms with E-state index in [0.29, 0.717) is 27.1 Å². The molecule has 7 heteroatoms. The first-order chi connectivity index (χ1) is 14.6. The maximum absolute atomic E-state index is 12.7. The first-order valence-corrected chi connectivity index (χ1v) is 10.00. The highest BCUT2D eigenvalue weighted by atomic mass is 32.1. The normalized spacial score (nSPS) is 10.4. The summed E-state index contributed by atoms with van der Waals surface area (Å²) in [6.07, 6.45) is 1.43. The second-order valence-corrected chi connectivity index (χ2v) is 7.54. The van der Waals surface area contributed by atoms with Gasteiger partial charge in [0.25, 0.3) is 11.8 Å². The Kier molecular flexibility index (Phi) is 5.63. The SMILES string of the molecule is Cc1ccc(Oc2ccccc2NC(=O)c2ccc(NC(=O)c3ccco3)s2)cc1. The minimum absolute atomic E-state index is 0.205. The number of furan rings is 1. The van der Waals surface area contributed by atoms with Gasteiger partial charge in [-0.05, 0) is 55.5 Å². The molecule has 6 nitrogen and oxygen atoms in total. The molecule has 0 saturated heterocycles. The van der Waals surface area contributed by atoms with Crippen LogP contribution in [-0.4, -0.2) is 11.8 Å². The number of carbonyl (C=O) groups excluding carboxylic acids is 2. The van der Waals surface area contributed by atoms with E-state index < -0.39 is 0 Å². The lowest BCUT2D eigenvalue weighted by Crippen LogP contribution is -2.11. The van der Waals surface area contributed by atoms with Gasteiger partial charge in [0.2, 0.25) is 0 Å². The Balaban J connectivity index is 1.45. The summed E-state index contributed by atoms with van der Waals surface area (Å²) in [5.41, 5.74) is 1.69. The van der Waals surface area contributed by atoms with Crippen LogP contribution in [0.5, 0.6) is 11.5 Å². The van der Waals surface area contributed by atoms with Gasteiger partial charge in [0.1, 0.15) is 5.75 Å². The van der Waals surface area contributed by atoms with E-state index in [1.165, 1.54) is 17.6 Å². The summed E-state index contributed by atoms with van der Waals surface area (Å²) < 4.78 is 11.0. The summed E-state index contributed by atoms with van der Waals surface area (Å²) in [5.74, 6) is 0.764. The number of para-hydroxylation sites is 2. The largest absolute Gasteiger partial charge is 0.459 e. The zero-order valence-electron chi connectivity index (χ0n) is 16.0. The lowest BCUT2D eigenvalue weighted by Gasteiger charge is -2.12. The molecule has 0 aliphatic heterocycles. The van der Waals surface area contributed by atoms with E-state index in [1.807, 2.05) is 43.3 Å². The van der Waals surface area contributed by atoms with Crippen molar-refractivity contribution < 1.29 is 18.7 Å². The van der Waals surface area contributed by atoms with Crippen molar-refractivity contribution in [3.8, 4) is 11.5 Å². The van der Waals surface area contributed by atoms with Gasteiger partial charge in [0.15, 0.2) is 11.5 Å². The van der Waals surface area contributed by atoms with Crippen LogP contribution in [0.2, 0.25) is 0 Å². The van der Waals surface area contributed by atoms with E-state index in [4.69, 9.17) is 9.15 Å². The number of carbonyl (C=O) groups is 2. The van der Waals surface area contributed by atoms with Crippen molar-refractivity contribution in [1.29, 1.82) is 0 Å². The smallest absolute Gasteiger partial charge is 0.291 e. The highest BCUT2D eigenvalue weighted by Crippen LogP contribution is 2.31. The van der Waals surface area contributed by atoms with Crippen molar-refractivity contribution in [2.45, 2.75) is 6.92 Å². The molecule has 4 aromatic rings. The molecule has 0 radical (unpaired) electrons. The zero-order chi connectivity index (χ0) is 20.9. The molecule has 0 fully saturated rings. The number of amides is 2. The summed E-state index contributed by atoms with van der Waals surface area (Å²) in [6.45, 7) is 2.00. The lowest BCUT2D eigenvalue weighted by molar-refractivity contribution is 0.0995. The van der Waals surface area contributed by atoms with E-state index in [-0.39, 0.29) is 17.6 Å². The molecule has 2 N–H and O–H groups in total. The van der Waals surface area contributed by atoms with Crippen LogP contribution < -0.4 is 15.4 Å². The Hall–Kier alpha value is -3.84. The number of ether oxygens (including phenoxy) is 1. The molecule has 4 rings (SSSR count). The molecule has 0 unspecified atom stereocenters. The van der Waals surface area contributed by atoms with Gasteiger partial charge in [-0.3, -0.25) is 9.59 Å². The predicted molar refractivity (Wildman–Crippen MR) is 117 cm³/mol. The van der Waals surface area contributed by atoms with Gasteiger partial charge in [-0.1, -0.05) is 29.8 Å². The fourth-order valence-corrected chi connectivity index (χ4v) is 3.48. The van der Waals surface area contributed by atoms with Crippen molar-refractivity contribution in [3.63, 3.8) is 0 Å². The second-order valence-electron chi connectivity index (χ2n) is 6.46. The average Bonchev–Trinajstić information content (AvgIpc) is 3.43. The van der Waals surface area contributed by atoms with Crippen LogP contribution in [0.4, 0.5) is 10.7 Å². The highest BCUT2D eigenvalue weighted by Gasteiger charge is 2.15. The van der Waals surface area contributed by atoms with E-state index in [2.05, 4.69) is 10.6 Å². The van der Waals surface area contributed by atoms with Gasteiger partial charge < -0.3 is 19.8 Å². The standard InChI is InChI=1S/C23H18N2O4S/c1-15-8-10-16(11-9-15)29-18-6-3-2-5-17(18)24-23(27)20-12-13-21(30-20)25-22(26)19-7-4-14-28-19/h2-14H,1H3,(H,24,27)(H,25,26). The fraction of sp³-hybridized carbons (Fsp3) is 0.0435. The quantitative estimate of drug-likeness (QED) is 0.406. The van der Waals surface area contributed by atoms with Crippen LogP contribution in [0.15, 0.2) is 83.5 Å². The zero-order valence-corrected chi connectivity index (χ0v) is 16.9. The van der Waals surface area contributed by atoms with Crippen LogP contribution >= 0.6 is 11.3 Å². The van der Waals surface area contributed by atoms with E-state index in [1.54, 1.807) is 36.4 Å². The number of hydrogen-bond acceptors (Lipinski definition) is 5. The Bertz CT molecular complexity index is 1160. The van der Waals surface area contributed by atoms with Crippen LogP contribution in [0.1, 0.15) is 25.8 Å². The third-order valence-electron chi connectivity index (χ3n) is 4.20. The molecule has 0 atom stereocenters. The molecule has 2 aromatic carbocycles. The van der Waals surface area contributed by atoms with Crippen LogP contribution in [-0.2, 0) is 0 Å². The van der Waals surface area contributed by atoms with Gasteiger partial charge in [0.05, 0.1) is 21.8 Å². The Morgan fingerprint density at radius 3 is 2.43 bits per heavy atom. The number of anilines is 2. The van der Waals surface area contributed by atoms with E-state index >= 15 is 0 Å². The summed E-state index contributed by atoms with van der Waals surface area (Å²) in [5, 5.41) is 6.13. The summed E-state index contributed by atoms with van der Waals surface area (Å²) in [6, 6.07) is 21.4. The Morgan fingerprint density at radius 1 is 0.867 bits per heavy atom. The lowest BCUT2D eigenvalue weighted by atomic mass is 10.2. The van der Waals surface area contributed by atoms with Crippen LogP contribution in [0, 0.1) is 6.92 Å². The third kappa shape index (κ3) is 4.59. The van der Waals surface area contributed by atoms with Crippen molar-refractivity contribution in [3.05, 3.63) is 95.3 Å². The van der Waals surface area contributed by atoms with E-state index in [0.717, 1.165) is 5.56 Å². The maximum Gasteiger partial charge on any atom is 0.291 e. The third-order valence-corrected chi connectivity index (χ3v) is 5.19. The second kappa shape index (κ2) is 8.67. The first-order valence-electron chi connectivity index (χ1n) is 9.18. The summed E-state index contributed by atoms with van der Waals surface area (Å²) >= 11 is 1.17. The molecule has 2 aromatic heterocycles. The highest BCUT2D eigenvalue weighted by molar-refractivity contribution is 7.18. The van der Waals surface area contributed by atoms with Gasteiger partial charge >= 0.3 is 0 Å². The molecule has 30 heavy (non-hydrogen) atoms. The first kappa shape index (κ1) is 19.5. The Labute approximate surface area is 177 Å². The molecule has 2 amide bonds. The fourth-order valence-electron chi connectivity index (χ4n) is 2.68. The molecular weight excluding hydrogens is 400 g/mol. The number of hydrogen-bond donors (Lipinski definition) is 2. The van der Waals surface area contributed by atoms with Gasteiger partial charge in [-0.25, -0.2) is 0 Å². The molecule has 0 saturated carbocycles. The average molecular weight is 418 g/mol.